The zero-order chi connectivity index (χ0) is 13.9. The topological polar surface area (TPSA) is 53.7 Å². The smallest absolute Gasteiger partial charge is 0.304 e. The summed E-state index contributed by atoms with van der Waals surface area (Å²) in [5, 5.41) is 8.75. The summed E-state index contributed by atoms with van der Waals surface area (Å²) in [6.45, 7) is 2.24. The SMILES string of the molecule is O=C(O)CCN1CCc2oc(-c3ccccc3)cc2C1. The average Bonchev–Trinajstić information content (AvgIpc) is 2.89. The number of hydrogen-bond acceptors (Lipinski definition) is 3. The molecular weight excluding hydrogens is 254 g/mol. The minimum atomic E-state index is -0.743. The van der Waals surface area contributed by atoms with Gasteiger partial charge in [0.1, 0.15) is 11.5 Å². The van der Waals surface area contributed by atoms with E-state index in [1.54, 1.807) is 0 Å². The summed E-state index contributed by atoms with van der Waals surface area (Å²) in [5.41, 5.74) is 2.26. The maximum absolute atomic E-state index is 10.6. The van der Waals surface area contributed by atoms with Gasteiger partial charge in [-0.2, -0.15) is 0 Å². The summed E-state index contributed by atoms with van der Waals surface area (Å²) in [7, 11) is 0. The van der Waals surface area contributed by atoms with Crippen LogP contribution in [0.15, 0.2) is 40.8 Å². The third-order valence-electron chi connectivity index (χ3n) is 3.65. The Morgan fingerprint density at radius 3 is 2.85 bits per heavy atom. The third-order valence-corrected chi connectivity index (χ3v) is 3.65. The van der Waals surface area contributed by atoms with Gasteiger partial charge < -0.3 is 9.52 Å². The van der Waals surface area contributed by atoms with E-state index in [1.165, 1.54) is 5.56 Å². The number of hydrogen-bond donors (Lipinski definition) is 1. The number of benzene rings is 1. The van der Waals surface area contributed by atoms with Gasteiger partial charge in [0.05, 0.1) is 6.42 Å². The largest absolute Gasteiger partial charge is 0.481 e. The van der Waals surface area contributed by atoms with E-state index in [4.69, 9.17) is 9.52 Å². The molecule has 2 aromatic rings. The van der Waals surface area contributed by atoms with Crippen molar-refractivity contribution in [2.45, 2.75) is 19.4 Å². The molecule has 0 fully saturated rings. The summed E-state index contributed by atoms with van der Waals surface area (Å²) >= 11 is 0. The molecule has 1 N–H and O–H groups in total. The van der Waals surface area contributed by atoms with Crippen LogP contribution in [-0.4, -0.2) is 29.1 Å². The first-order chi connectivity index (χ1) is 9.72. The lowest BCUT2D eigenvalue weighted by molar-refractivity contribution is -0.137. The normalized spacial score (nSPS) is 15.0. The maximum atomic E-state index is 10.6. The number of rotatable bonds is 4. The van der Waals surface area contributed by atoms with Gasteiger partial charge in [-0.1, -0.05) is 30.3 Å². The Morgan fingerprint density at radius 1 is 1.30 bits per heavy atom. The van der Waals surface area contributed by atoms with Crippen molar-refractivity contribution in [3.8, 4) is 11.3 Å². The van der Waals surface area contributed by atoms with Crippen LogP contribution in [0.1, 0.15) is 17.7 Å². The van der Waals surface area contributed by atoms with Crippen LogP contribution in [-0.2, 0) is 17.8 Å². The molecule has 0 amide bonds. The highest BCUT2D eigenvalue weighted by Gasteiger charge is 2.21. The molecule has 0 saturated heterocycles. The molecule has 0 unspecified atom stereocenters. The quantitative estimate of drug-likeness (QED) is 0.929. The lowest BCUT2D eigenvalue weighted by Crippen LogP contribution is -2.31. The van der Waals surface area contributed by atoms with Crippen molar-refractivity contribution in [1.82, 2.24) is 4.90 Å². The first kappa shape index (κ1) is 12.9. The summed E-state index contributed by atoms with van der Waals surface area (Å²) in [4.78, 5) is 12.8. The standard InChI is InChI=1S/C16H17NO3/c18-16(19)7-9-17-8-6-14-13(11-17)10-15(20-14)12-4-2-1-3-5-12/h1-5,10H,6-9,11H2,(H,18,19). The Bertz CT molecular complexity index is 603. The van der Waals surface area contributed by atoms with E-state index >= 15 is 0 Å². The maximum Gasteiger partial charge on any atom is 0.304 e. The van der Waals surface area contributed by atoms with Gasteiger partial charge in [0.2, 0.25) is 0 Å². The number of carboxylic acid groups (broad SMARTS) is 1. The minimum absolute atomic E-state index is 0.193. The van der Waals surface area contributed by atoms with Crippen molar-refractivity contribution in [1.29, 1.82) is 0 Å². The van der Waals surface area contributed by atoms with Crippen LogP contribution in [0.3, 0.4) is 0 Å². The van der Waals surface area contributed by atoms with E-state index in [2.05, 4.69) is 11.0 Å². The molecule has 0 spiro atoms. The molecule has 4 heteroatoms. The Labute approximate surface area is 117 Å². The van der Waals surface area contributed by atoms with Crippen molar-refractivity contribution >= 4 is 5.97 Å². The van der Waals surface area contributed by atoms with Gasteiger partial charge >= 0.3 is 5.97 Å². The molecular formula is C16H17NO3. The first-order valence-corrected chi connectivity index (χ1v) is 6.83. The van der Waals surface area contributed by atoms with E-state index in [-0.39, 0.29) is 6.42 Å². The van der Waals surface area contributed by atoms with Crippen molar-refractivity contribution < 1.29 is 14.3 Å². The van der Waals surface area contributed by atoms with Crippen molar-refractivity contribution in [2.75, 3.05) is 13.1 Å². The molecule has 4 nitrogen and oxygen atoms in total. The number of carbonyl (C=O) groups is 1. The van der Waals surface area contributed by atoms with Crippen LogP contribution in [0.5, 0.6) is 0 Å². The second kappa shape index (κ2) is 5.51. The van der Waals surface area contributed by atoms with Crippen LogP contribution in [0.4, 0.5) is 0 Å². The van der Waals surface area contributed by atoms with Gasteiger partial charge in [0.15, 0.2) is 0 Å². The first-order valence-electron chi connectivity index (χ1n) is 6.83. The van der Waals surface area contributed by atoms with Gasteiger partial charge in [-0.25, -0.2) is 0 Å². The van der Waals surface area contributed by atoms with Crippen molar-refractivity contribution in [3.05, 3.63) is 47.7 Å². The number of furan rings is 1. The Morgan fingerprint density at radius 2 is 2.10 bits per heavy atom. The number of nitrogens with zero attached hydrogens (tertiary/aromatic N) is 1. The van der Waals surface area contributed by atoms with Crippen LogP contribution >= 0.6 is 0 Å². The van der Waals surface area contributed by atoms with Gasteiger partial charge in [0.25, 0.3) is 0 Å². The molecule has 1 aromatic carbocycles. The van der Waals surface area contributed by atoms with Crippen molar-refractivity contribution in [3.63, 3.8) is 0 Å². The van der Waals surface area contributed by atoms with E-state index in [1.807, 2.05) is 30.3 Å². The summed E-state index contributed by atoms with van der Waals surface area (Å²) in [6, 6.07) is 12.1. The zero-order valence-corrected chi connectivity index (χ0v) is 11.2. The van der Waals surface area contributed by atoms with Gasteiger partial charge in [0, 0.05) is 37.2 Å². The predicted molar refractivity (Wildman–Crippen MR) is 75.4 cm³/mol. The molecule has 1 aliphatic rings. The van der Waals surface area contributed by atoms with Crippen LogP contribution in [0.25, 0.3) is 11.3 Å². The predicted octanol–water partition coefficient (Wildman–Crippen LogP) is 2.78. The fraction of sp³-hybridized carbons (Fsp3) is 0.312. The van der Waals surface area contributed by atoms with Crippen molar-refractivity contribution in [2.24, 2.45) is 0 Å². The highest BCUT2D eigenvalue weighted by atomic mass is 16.4. The number of aliphatic carboxylic acids is 1. The summed E-state index contributed by atoms with van der Waals surface area (Å²) in [5.74, 6) is 1.19. The molecule has 0 aliphatic carbocycles. The molecule has 104 valence electrons. The molecule has 0 bridgehead atoms. The van der Waals surface area contributed by atoms with Gasteiger partial charge in [-0.15, -0.1) is 0 Å². The van der Waals surface area contributed by atoms with E-state index < -0.39 is 5.97 Å². The molecule has 20 heavy (non-hydrogen) atoms. The Kier molecular flexibility index (Phi) is 3.56. The summed E-state index contributed by atoms with van der Waals surface area (Å²) in [6.07, 6.45) is 1.04. The average molecular weight is 271 g/mol. The Hall–Kier alpha value is -2.07. The molecule has 1 aliphatic heterocycles. The Balaban J connectivity index is 1.74. The molecule has 1 aromatic heterocycles. The molecule has 3 rings (SSSR count). The number of carboxylic acids is 1. The van der Waals surface area contributed by atoms with Crippen LogP contribution < -0.4 is 0 Å². The van der Waals surface area contributed by atoms with E-state index in [0.29, 0.717) is 6.54 Å². The van der Waals surface area contributed by atoms with E-state index in [9.17, 15) is 4.79 Å². The monoisotopic (exact) mass is 271 g/mol. The lowest BCUT2D eigenvalue weighted by atomic mass is 10.1. The molecule has 0 radical (unpaired) electrons. The second-order valence-corrected chi connectivity index (χ2v) is 5.09. The van der Waals surface area contributed by atoms with E-state index in [0.717, 1.165) is 36.6 Å². The third kappa shape index (κ3) is 2.75. The fourth-order valence-corrected chi connectivity index (χ4v) is 2.58. The minimum Gasteiger partial charge on any atom is -0.481 e. The zero-order valence-electron chi connectivity index (χ0n) is 11.2. The van der Waals surface area contributed by atoms with Crippen LogP contribution in [0, 0.1) is 0 Å². The summed E-state index contributed by atoms with van der Waals surface area (Å²) < 4.78 is 5.92. The fourth-order valence-electron chi connectivity index (χ4n) is 2.58. The molecule has 0 atom stereocenters. The van der Waals surface area contributed by atoms with Gasteiger partial charge in [-0.3, -0.25) is 9.69 Å². The number of fused-ring (bicyclic) bond motifs is 1. The second-order valence-electron chi connectivity index (χ2n) is 5.09. The van der Waals surface area contributed by atoms with Gasteiger partial charge in [-0.05, 0) is 6.07 Å². The molecule has 2 heterocycles. The molecule has 0 saturated carbocycles. The lowest BCUT2D eigenvalue weighted by Gasteiger charge is -2.25. The van der Waals surface area contributed by atoms with Crippen LogP contribution in [0.2, 0.25) is 0 Å². The highest BCUT2D eigenvalue weighted by Crippen LogP contribution is 2.29. The highest BCUT2D eigenvalue weighted by molar-refractivity contribution is 5.66.